The maximum absolute atomic E-state index is 11.8. The Hall–Kier alpha value is -1.35. The van der Waals surface area contributed by atoms with Gasteiger partial charge in [0.1, 0.15) is 6.17 Å². The van der Waals surface area contributed by atoms with Gasteiger partial charge in [0, 0.05) is 7.05 Å². The Morgan fingerprint density at radius 1 is 1.17 bits per heavy atom. The van der Waals surface area contributed by atoms with Crippen LogP contribution in [0.1, 0.15) is 45.0 Å². The zero-order valence-electron chi connectivity index (χ0n) is 11.8. The first kappa shape index (κ1) is 13.1. The molecule has 0 aromatic heterocycles. The molecule has 1 fully saturated rings. The van der Waals surface area contributed by atoms with E-state index in [1.165, 1.54) is 5.56 Å². The minimum absolute atomic E-state index is 0.00141. The van der Waals surface area contributed by atoms with Gasteiger partial charge in [-0.15, -0.1) is 0 Å². The van der Waals surface area contributed by atoms with Gasteiger partial charge < -0.3 is 4.90 Å². The average Bonchev–Trinajstić information content (AvgIpc) is 2.56. The number of benzene rings is 1. The van der Waals surface area contributed by atoms with Crippen molar-refractivity contribution >= 4 is 5.91 Å². The quantitative estimate of drug-likeness (QED) is 0.825. The fourth-order valence-corrected chi connectivity index (χ4v) is 2.34. The highest BCUT2D eigenvalue weighted by molar-refractivity contribution is 5.83. The van der Waals surface area contributed by atoms with Crippen LogP contribution in [0, 0.1) is 0 Å². The summed E-state index contributed by atoms with van der Waals surface area (Å²) in [6.07, 6.45) is 0.00141. The molecule has 2 unspecified atom stereocenters. The molecule has 1 aliphatic heterocycles. The molecule has 1 N–H and O–H groups in total. The van der Waals surface area contributed by atoms with Crippen LogP contribution in [0.5, 0.6) is 0 Å². The van der Waals surface area contributed by atoms with Crippen molar-refractivity contribution in [2.24, 2.45) is 0 Å². The summed E-state index contributed by atoms with van der Waals surface area (Å²) in [6, 6.07) is 8.43. The summed E-state index contributed by atoms with van der Waals surface area (Å²) in [7, 11) is 1.85. The van der Waals surface area contributed by atoms with Crippen LogP contribution < -0.4 is 5.32 Å². The topological polar surface area (TPSA) is 32.3 Å². The number of hydrogen-bond donors (Lipinski definition) is 1. The maximum atomic E-state index is 11.8. The predicted octanol–water partition coefficient (Wildman–Crippen LogP) is 2.43. The van der Waals surface area contributed by atoms with Crippen LogP contribution in [0.2, 0.25) is 0 Å². The maximum Gasteiger partial charge on any atom is 0.240 e. The van der Waals surface area contributed by atoms with Crippen molar-refractivity contribution in [1.29, 1.82) is 0 Å². The summed E-state index contributed by atoms with van der Waals surface area (Å²) in [5.41, 5.74) is 2.62. The number of carbonyl (C=O) groups excluding carboxylic acids is 1. The van der Waals surface area contributed by atoms with Gasteiger partial charge >= 0.3 is 0 Å². The van der Waals surface area contributed by atoms with Crippen molar-refractivity contribution < 1.29 is 4.79 Å². The first-order valence-electron chi connectivity index (χ1n) is 6.44. The summed E-state index contributed by atoms with van der Waals surface area (Å²) in [5.74, 6) is 0.153. The van der Waals surface area contributed by atoms with Crippen molar-refractivity contribution in [2.45, 2.75) is 45.3 Å². The molecule has 2 rings (SSSR count). The third kappa shape index (κ3) is 2.27. The second-order valence-corrected chi connectivity index (χ2v) is 6.11. The number of nitrogens with one attached hydrogen (secondary N) is 1. The number of nitrogens with zero attached hydrogens (tertiary/aromatic N) is 1. The van der Waals surface area contributed by atoms with Crippen molar-refractivity contribution in [1.82, 2.24) is 10.2 Å². The predicted molar refractivity (Wildman–Crippen MR) is 73.3 cm³/mol. The second kappa shape index (κ2) is 4.39. The Balaban J connectivity index is 2.23. The number of rotatable bonds is 1. The molecule has 1 heterocycles. The fourth-order valence-electron chi connectivity index (χ4n) is 2.34. The van der Waals surface area contributed by atoms with E-state index in [0.717, 1.165) is 5.56 Å². The molecule has 98 valence electrons. The molecule has 1 amide bonds. The lowest BCUT2D eigenvalue weighted by atomic mass is 9.86. The lowest BCUT2D eigenvalue weighted by molar-refractivity contribution is -0.128. The number of carbonyl (C=O) groups is 1. The summed E-state index contributed by atoms with van der Waals surface area (Å²) in [4.78, 5) is 13.6. The minimum Gasteiger partial charge on any atom is -0.325 e. The first-order valence-corrected chi connectivity index (χ1v) is 6.44. The van der Waals surface area contributed by atoms with E-state index in [-0.39, 0.29) is 23.5 Å². The molecule has 0 saturated carbocycles. The third-order valence-electron chi connectivity index (χ3n) is 3.61. The van der Waals surface area contributed by atoms with Crippen LogP contribution in [0.15, 0.2) is 24.3 Å². The van der Waals surface area contributed by atoms with E-state index in [1.54, 1.807) is 4.90 Å². The molecule has 1 aromatic carbocycles. The van der Waals surface area contributed by atoms with Gasteiger partial charge in [0.05, 0.1) is 6.04 Å². The summed E-state index contributed by atoms with van der Waals surface area (Å²) in [5, 5.41) is 3.30. The lowest BCUT2D eigenvalue weighted by Gasteiger charge is -2.22. The normalized spacial score (nSPS) is 24.7. The van der Waals surface area contributed by atoms with E-state index in [9.17, 15) is 4.79 Å². The average molecular weight is 246 g/mol. The molecular weight excluding hydrogens is 224 g/mol. The van der Waals surface area contributed by atoms with E-state index in [0.29, 0.717) is 0 Å². The Morgan fingerprint density at radius 2 is 1.72 bits per heavy atom. The molecule has 0 aliphatic carbocycles. The van der Waals surface area contributed by atoms with Crippen LogP contribution in [0.3, 0.4) is 0 Å². The van der Waals surface area contributed by atoms with E-state index in [2.05, 4.69) is 50.4 Å². The smallest absolute Gasteiger partial charge is 0.240 e. The van der Waals surface area contributed by atoms with Gasteiger partial charge in [0.15, 0.2) is 0 Å². The Morgan fingerprint density at radius 3 is 2.11 bits per heavy atom. The monoisotopic (exact) mass is 246 g/mol. The molecule has 3 nitrogen and oxygen atoms in total. The molecule has 0 radical (unpaired) electrons. The van der Waals surface area contributed by atoms with Gasteiger partial charge in [0.2, 0.25) is 5.91 Å². The summed E-state index contributed by atoms with van der Waals surface area (Å²) < 4.78 is 0. The summed E-state index contributed by atoms with van der Waals surface area (Å²) >= 11 is 0. The molecule has 0 bridgehead atoms. The van der Waals surface area contributed by atoms with Crippen molar-refractivity contribution in [3.8, 4) is 0 Å². The number of likely N-dealkylation sites (N-methyl/N-ethyl adjacent to an activating group) is 1. The van der Waals surface area contributed by atoms with Gasteiger partial charge in [-0.25, -0.2) is 0 Å². The second-order valence-electron chi connectivity index (χ2n) is 6.11. The largest absolute Gasteiger partial charge is 0.325 e. The number of hydrogen-bond acceptors (Lipinski definition) is 2. The van der Waals surface area contributed by atoms with Gasteiger partial charge in [-0.2, -0.15) is 0 Å². The molecule has 0 spiro atoms. The first-order chi connectivity index (χ1) is 8.30. The van der Waals surface area contributed by atoms with Crippen molar-refractivity contribution in [2.75, 3.05) is 7.05 Å². The van der Waals surface area contributed by atoms with Gasteiger partial charge in [-0.05, 0) is 23.5 Å². The van der Waals surface area contributed by atoms with Gasteiger partial charge in [-0.3, -0.25) is 10.1 Å². The Bertz CT molecular complexity index is 445. The van der Waals surface area contributed by atoms with E-state index in [1.807, 2.05) is 14.0 Å². The highest BCUT2D eigenvalue weighted by atomic mass is 16.2. The minimum atomic E-state index is -0.0951. The third-order valence-corrected chi connectivity index (χ3v) is 3.61. The fraction of sp³-hybridized carbons (Fsp3) is 0.533. The zero-order valence-corrected chi connectivity index (χ0v) is 11.8. The highest BCUT2D eigenvalue weighted by Gasteiger charge is 2.34. The Labute approximate surface area is 109 Å². The standard InChI is InChI=1S/C15H22N2O/c1-10-14(18)17(5)13(16-10)11-6-8-12(9-7-11)15(2,3)4/h6-10,13,16H,1-5H3. The molecule has 2 atom stereocenters. The van der Waals surface area contributed by atoms with Crippen LogP contribution >= 0.6 is 0 Å². The molecule has 1 aliphatic rings. The molecule has 1 aromatic rings. The molecule has 18 heavy (non-hydrogen) atoms. The number of amides is 1. The van der Waals surface area contributed by atoms with Crippen molar-refractivity contribution in [3.05, 3.63) is 35.4 Å². The highest BCUT2D eigenvalue weighted by Crippen LogP contribution is 2.27. The van der Waals surface area contributed by atoms with Crippen LogP contribution in [0.25, 0.3) is 0 Å². The van der Waals surface area contributed by atoms with Crippen LogP contribution in [0.4, 0.5) is 0 Å². The summed E-state index contributed by atoms with van der Waals surface area (Å²) in [6.45, 7) is 8.51. The van der Waals surface area contributed by atoms with E-state index >= 15 is 0 Å². The molecular formula is C15H22N2O. The van der Waals surface area contributed by atoms with Gasteiger partial charge in [-0.1, -0.05) is 45.0 Å². The SMILES string of the molecule is CC1NC(c2ccc(C(C)(C)C)cc2)N(C)C1=O. The van der Waals surface area contributed by atoms with E-state index in [4.69, 9.17) is 0 Å². The Kier molecular flexibility index (Phi) is 3.20. The van der Waals surface area contributed by atoms with E-state index < -0.39 is 0 Å². The molecule has 3 heteroatoms. The van der Waals surface area contributed by atoms with Crippen LogP contribution in [-0.4, -0.2) is 23.9 Å². The van der Waals surface area contributed by atoms with Gasteiger partial charge in [0.25, 0.3) is 0 Å². The lowest BCUT2D eigenvalue weighted by Crippen LogP contribution is -2.26. The zero-order chi connectivity index (χ0) is 13.5. The van der Waals surface area contributed by atoms with Crippen LogP contribution in [-0.2, 0) is 10.2 Å². The van der Waals surface area contributed by atoms with Crippen molar-refractivity contribution in [3.63, 3.8) is 0 Å². The molecule has 1 saturated heterocycles.